The number of piperazine rings is 1. The van der Waals surface area contributed by atoms with Gasteiger partial charge in [-0.1, -0.05) is 11.6 Å². The van der Waals surface area contributed by atoms with E-state index < -0.39 is 18.7 Å². The van der Waals surface area contributed by atoms with E-state index in [0.29, 0.717) is 18.0 Å². The molecule has 0 aliphatic carbocycles. The summed E-state index contributed by atoms with van der Waals surface area (Å²) in [4.78, 5) is 27.8. The zero-order chi connectivity index (χ0) is 21.6. The zero-order valence-corrected chi connectivity index (χ0v) is 17.0. The Morgan fingerprint density at radius 2 is 1.90 bits per heavy atom. The fourth-order valence-corrected chi connectivity index (χ4v) is 2.92. The number of alkyl halides is 3. The predicted octanol–water partition coefficient (Wildman–Crippen LogP) is 1.61. The van der Waals surface area contributed by atoms with Crippen LogP contribution in [0.3, 0.4) is 0 Å². The molecular weight excluding hydrogens is 413 g/mol. The van der Waals surface area contributed by atoms with Gasteiger partial charge >= 0.3 is 12.1 Å². The van der Waals surface area contributed by atoms with Gasteiger partial charge in [-0.3, -0.25) is 19.4 Å². The van der Waals surface area contributed by atoms with Gasteiger partial charge in [-0.25, -0.2) is 0 Å². The van der Waals surface area contributed by atoms with E-state index in [1.54, 1.807) is 0 Å². The van der Waals surface area contributed by atoms with Crippen molar-refractivity contribution in [3.8, 4) is 5.75 Å². The van der Waals surface area contributed by atoms with Gasteiger partial charge in [-0.05, 0) is 12.1 Å². The molecule has 1 aromatic carbocycles. The number of nitrogens with one attached hydrogen (secondary N) is 1. The molecule has 0 spiro atoms. The van der Waals surface area contributed by atoms with Crippen LogP contribution in [0.4, 0.5) is 18.9 Å². The number of carbonyl (C=O) groups is 2. The van der Waals surface area contributed by atoms with E-state index in [9.17, 15) is 22.8 Å². The summed E-state index contributed by atoms with van der Waals surface area (Å²) in [6, 6.07) is 3.96. The predicted molar refractivity (Wildman–Crippen MR) is 103 cm³/mol. The molecule has 1 heterocycles. The average Bonchev–Trinajstić information content (AvgIpc) is 2.67. The van der Waals surface area contributed by atoms with Crippen molar-refractivity contribution < 1.29 is 27.5 Å². The van der Waals surface area contributed by atoms with E-state index in [1.165, 1.54) is 37.2 Å². The van der Waals surface area contributed by atoms with Gasteiger partial charge in [-0.15, -0.1) is 0 Å². The molecule has 1 saturated heterocycles. The van der Waals surface area contributed by atoms with E-state index in [4.69, 9.17) is 16.3 Å². The summed E-state index contributed by atoms with van der Waals surface area (Å²) in [7, 11) is 3.05. The Morgan fingerprint density at radius 1 is 1.24 bits per heavy atom. The number of likely N-dealkylation sites (N-methyl/N-ethyl adjacent to an activating group) is 1. The molecule has 0 aromatic heterocycles. The van der Waals surface area contributed by atoms with Crippen LogP contribution in [-0.2, 0) is 9.59 Å². The van der Waals surface area contributed by atoms with Crippen LogP contribution >= 0.6 is 11.6 Å². The number of halogens is 4. The summed E-state index contributed by atoms with van der Waals surface area (Å²) < 4.78 is 45.1. The maximum Gasteiger partial charge on any atom is 0.471 e. The lowest BCUT2D eigenvalue weighted by Crippen LogP contribution is -2.49. The molecule has 1 aliphatic rings. The number of anilines is 1. The number of nitrogens with zero attached hydrogens (tertiary/aromatic N) is 3. The van der Waals surface area contributed by atoms with Crippen molar-refractivity contribution in [2.75, 3.05) is 64.9 Å². The lowest BCUT2D eigenvalue weighted by molar-refractivity contribution is -0.170. The molecule has 1 aromatic rings. The third-order valence-electron chi connectivity index (χ3n) is 4.40. The van der Waals surface area contributed by atoms with Gasteiger partial charge in [0.1, 0.15) is 5.75 Å². The molecule has 1 N–H and O–H groups in total. The highest BCUT2D eigenvalue weighted by Gasteiger charge is 2.43. The number of hydrogen-bond donors (Lipinski definition) is 1. The molecule has 0 bridgehead atoms. The summed E-state index contributed by atoms with van der Waals surface area (Å²) in [5.74, 6) is -2.45. The Kier molecular flexibility index (Phi) is 8.12. The third-order valence-corrected chi connectivity index (χ3v) is 4.63. The first kappa shape index (κ1) is 23.2. The summed E-state index contributed by atoms with van der Waals surface area (Å²) in [5, 5.41) is 3.37. The van der Waals surface area contributed by atoms with E-state index in [1.807, 2.05) is 4.90 Å². The smallest absolute Gasteiger partial charge is 0.471 e. The second-order valence-electron chi connectivity index (χ2n) is 6.74. The van der Waals surface area contributed by atoms with E-state index >= 15 is 0 Å². The Balaban J connectivity index is 2.27. The van der Waals surface area contributed by atoms with Crippen LogP contribution in [0.1, 0.15) is 0 Å². The highest BCUT2D eigenvalue weighted by atomic mass is 35.5. The molecule has 29 heavy (non-hydrogen) atoms. The van der Waals surface area contributed by atoms with Crippen molar-refractivity contribution in [3.05, 3.63) is 23.2 Å². The highest BCUT2D eigenvalue weighted by molar-refractivity contribution is 6.30. The minimum atomic E-state index is -5.06. The first-order valence-electron chi connectivity index (χ1n) is 9.04. The van der Waals surface area contributed by atoms with Gasteiger partial charge in [0.05, 0.1) is 5.69 Å². The molecule has 0 atom stereocenters. The number of rotatable bonds is 7. The lowest BCUT2D eigenvalue weighted by Gasteiger charge is -2.31. The van der Waals surface area contributed by atoms with Gasteiger partial charge in [0.15, 0.2) is 6.61 Å². The summed E-state index contributed by atoms with van der Waals surface area (Å²) in [5.41, 5.74) is -0.0848. The van der Waals surface area contributed by atoms with Crippen LogP contribution in [-0.4, -0.2) is 87.8 Å². The first-order chi connectivity index (χ1) is 13.6. The second-order valence-corrected chi connectivity index (χ2v) is 7.17. The molecule has 0 unspecified atom stereocenters. The molecule has 2 amide bonds. The van der Waals surface area contributed by atoms with Crippen LogP contribution < -0.4 is 15.0 Å². The highest BCUT2D eigenvalue weighted by Crippen LogP contribution is 2.34. The van der Waals surface area contributed by atoms with Gasteiger partial charge in [-0.2, -0.15) is 13.2 Å². The third kappa shape index (κ3) is 6.76. The number of benzene rings is 1. The van der Waals surface area contributed by atoms with Gasteiger partial charge in [0.2, 0.25) is 0 Å². The Morgan fingerprint density at radius 3 is 2.48 bits per heavy atom. The lowest BCUT2D eigenvalue weighted by atomic mass is 10.2. The average molecular weight is 437 g/mol. The van der Waals surface area contributed by atoms with E-state index in [0.717, 1.165) is 13.1 Å². The summed E-state index contributed by atoms with van der Waals surface area (Å²) in [6.07, 6.45) is -5.06. The summed E-state index contributed by atoms with van der Waals surface area (Å²) >= 11 is 5.95. The van der Waals surface area contributed by atoms with Crippen molar-refractivity contribution in [3.63, 3.8) is 0 Å². The summed E-state index contributed by atoms with van der Waals surface area (Å²) in [6.45, 7) is 2.50. The maximum atomic E-state index is 13.2. The first-order valence-corrected chi connectivity index (χ1v) is 9.41. The van der Waals surface area contributed by atoms with Crippen molar-refractivity contribution in [2.24, 2.45) is 0 Å². The van der Waals surface area contributed by atoms with Crippen LogP contribution in [0.2, 0.25) is 5.02 Å². The minimum absolute atomic E-state index is 0.0642. The van der Waals surface area contributed by atoms with Crippen LogP contribution in [0.5, 0.6) is 5.75 Å². The molecule has 1 aliphatic heterocycles. The topological polar surface area (TPSA) is 65.1 Å². The van der Waals surface area contributed by atoms with Gasteiger partial charge in [0.25, 0.3) is 5.91 Å². The fourth-order valence-electron chi connectivity index (χ4n) is 2.76. The molecule has 7 nitrogen and oxygen atoms in total. The number of carbonyl (C=O) groups excluding carboxylic acids is 2. The number of amides is 2. The Bertz CT molecular complexity index is 725. The normalized spacial score (nSPS) is 15.1. The van der Waals surface area contributed by atoms with Gasteiger partial charge < -0.3 is 15.0 Å². The van der Waals surface area contributed by atoms with Crippen LogP contribution in [0.25, 0.3) is 0 Å². The molecule has 2 rings (SSSR count). The van der Waals surface area contributed by atoms with E-state index in [2.05, 4.69) is 5.32 Å². The van der Waals surface area contributed by atoms with Crippen molar-refractivity contribution in [1.29, 1.82) is 0 Å². The Labute approximate surface area is 172 Å². The SMILES string of the molecule is CN(C)C(=O)COc1cc(Cl)ccc1N(CCN1CCNCC1)C(=O)C(F)(F)F. The molecule has 162 valence electrons. The van der Waals surface area contributed by atoms with Gasteiger partial charge in [0, 0.05) is 64.5 Å². The molecule has 11 heteroatoms. The monoisotopic (exact) mass is 436 g/mol. The minimum Gasteiger partial charge on any atom is -0.482 e. The molecule has 1 fully saturated rings. The molecular formula is C18H24ClF3N4O3. The van der Waals surface area contributed by atoms with Crippen LogP contribution in [0.15, 0.2) is 18.2 Å². The standard InChI is InChI=1S/C18H24ClF3N4O3/c1-24(2)16(27)12-29-15-11-13(19)3-4-14(15)26(17(28)18(20,21)22)10-9-25-7-5-23-6-8-25/h3-4,11,23H,5-10,12H2,1-2H3. The molecule has 0 radical (unpaired) electrons. The van der Waals surface area contributed by atoms with Crippen LogP contribution in [0, 0.1) is 0 Å². The van der Waals surface area contributed by atoms with Crippen molar-refractivity contribution in [1.82, 2.24) is 15.1 Å². The Hall–Kier alpha value is -2.04. The fraction of sp³-hybridized carbons (Fsp3) is 0.556. The quantitative estimate of drug-likeness (QED) is 0.703. The number of hydrogen-bond acceptors (Lipinski definition) is 5. The largest absolute Gasteiger partial charge is 0.482 e. The zero-order valence-electron chi connectivity index (χ0n) is 16.3. The van der Waals surface area contributed by atoms with E-state index in [-0.39, 0.29) is 35.5 Å². The number of ether oxygens (including phenoxy) is 1. The second kappa shape index (κ2) is 10.1. The maximum absolute atomic E-state index is 13.2. The molecule has 0 saturated carbocycles. The van der Waals surface area contributed by atoms with Crippen molar-refractivity contribution >= 4 is 29.1 Å². The van der Waals surface area contributed by atoms with Crippen molar-refractivity contribution in [2.45, 2.75) is 6.18 Å².